The van der Waals surface area contributed by atoms with E-state index in [1.165, 1.54) is 6.07 Å². The molecule has 1 rings (SSSR count). The third-order valence-corrected chi connectivity index (χ3v) is 4.11. The van der Waals surface area contributed by atoms with Crippen molar-refractivity contribution in [1.29, 1.82) is 0 Å². The minimum atomic E-state index is -4.20. The molecule has 0 aliphatic rings. The summed E-state index contributed by atoms with van der Waals surface area (Å²) in [6.07, 6.45) is 4.06. The molecule has 0 heterocycles. The number of halogens is 2. The van der Waals surface area contributed by atoms with Crippen LogP contribution in [0.3, 0.4) is 0 Å². The van der Waals surface area contributed by atoms with Gasteiger partial charge in [0, 0.05) is 22.8 Å². The van der Waals surface area contributed by atoms with E-state index < -0.39 is 25.7 Å². The van der Waals surface area contributed by atoms with Gasteiger partial charge in [-0.1, -0.05) is 26.2 Å². The van der Waals surface area contributed by atoms with Crippen LogP contribution >= 0.6 is 10.7 Å². The maximum atomic E-state index is 13.3. The Bertz CT molecular complexity index is 575. The summed E-state index contributed by atoms with van der Waals surface area (Å²) in [5.74, 6) is -1.41. The van der Waals surface area contributed by atoms with Crippen LogP contribution in [0.25, 0.3) is 0 Å². The fourth-order valence-electron chi connectivity index (χ4n) is 1.69. The van der Waals surface area contributed by atoms with E-state index in [-0.39, 0.29) is 5.56 Å². The number of amides is 1. The maximum Gasteiger partial charge on any atom is 0.264 e. The molecule has 112 valence electrons. The molecule has 1 aromatic rings. The van der Waals surface area contributed by atoms with Gasteiger partial charge in [0.15, 0.2) is 0 Å². The first-order chi connectivity index (χ1) is 9.36. The SMILES string of the molecule is CCCCCCNC(=O)c1ccc(F)c(S(=O)(=O)Cl)c1. The Balaban J connectivity index is 2.70. The molecule has 0 aliphatic carbocycles. The van der Waals surface area contributed by atoms with Crippen molar-refractivity contribution < 1.29 is 17.6 Å². The predicted octanol–water partition coefficient (Wildman–Crippen LogP) is 3.06. The average Bonchev–Trinajstić information content (AvgIpc) is 2.37. The fraction of sp³-hybridized carbons (Fsp3) is 0.462. The van der Waals surface area contributed by atoms with E-state index in [1.54, 1.807) is 0 Å². The molecule has 1 amide bonds. The van der Waals surface area contributed by atoms with Crippen molar-refractivity contribution in [3.63, 3.8) is 0 Å². The van der Waals surface area contributed by atoms with Crippen molar-refractivity contribution in [3.05, 3.63) is 29.6 Å². The third-order valence-electron chi connectivity index (χ3n) is 2.77. The molecule has 0 radical (unpaired) electrons. The first kappa shape index (κ1) is 16.9. The summed E-state index contributed by atoms with van der Waals surface area (Å²) in [6.45, 7) is 2.59. The lowest BCUT2D eigenvalue weighted by Crippen LogP contribution is -2.24. The number of benzene rings is 1. The molecule has 20 heavy (non-hydrogen) atoms. The number of hydrogen-bond donors (Lipinski definition) is 1. The molecule has 1 aromatic carbocycles. The van der Waals surface area contributed by atoms with Gasteiger partial charge in [-0.25, -0.2) is 12.8 Å². The molecule has 0 saturated heterocycles. The molecule has 0 aliphatic heterocycles. The van der Waals surface area contributed by atoms with Crippen LogP contribution in [0.15, 0.2) is 23.1 Å². The van der Waals surface area contributed by atoms with Gasteiger partial charge in [0.05, 0.1) is 0 Å². The number of unbranched alkanes of at least 4 members (excludes halogenated alkanes) is 3. The lowest BCUT2D eigenvalue weighted by molar-refractivity contribution is 0.0952. The Hall–Kier alpha value is -1.14. The second-order valence-corrected chi connectivity index (χ2v) is 6.93. The van der Waals surface area contributed by atoms with Crippen molar-refractivity contribution in [2.45, 2.75) is 37.5 Å². The fourth-order valence-corrected chi connectivity index (χ4v) is 2.61. The second-order valence-electron chi connectivity index (χ2n) is 4.40. The van der Waals surface area contributed by atoms with Crippen LogP contribution in [0.1, 0.15) is 43.0 Å². The normalized spacial score (nSPS) is 11.3. The highest BCUT2D eigenvalue weighted by Crippen LogP contribution is 2.20. The number of rotatable bonds is 7. The van der Waals surface area contributed by atoms with Gasteiger partial charge in [-0.2, -0.15) is 0 Å². The van der Waals surface area contributed by atoms with Crippen LogP contribution in [0.2, 0.25) is 0 Å². The zero-order chi connectivity index (χ0) is 15.2. The molecule has 7 heteroatoms. The summed E-state index contributed by atoms with van der Waals surface area (Å²) >= 11 is 0. The second kappa shape index (κ2) is 7.59. The number of carbonyl (C=O) groups excluding carboxylic acids is 1. The molecule has 0 spiro atoms. The highest BCUT2D eigenvalue weighted by atomic mass is 35.7. The highest BCUT2D eigenvalue weighted by molar-refractivity contribution is 8.13. The molecule has 0 saturated carbocycles. The summed E-state index contributed by atoms with van der Waals surface area (Å²) in [5.41, 5.74) is 0.0705. The van der Waals surface area contributed by atoms with Crippen molar-refractivity contribution >= 4 is 25.6 Å². The van der Waals surface area contributed by atoms with Crippen molar-refractivity contribution in [2.24, 2.45) is 0 Å². The zero-order valence-corrected chi connectivity index (χ0v) is 12.7. The first-order valence-corrected chi connectivity index (χ1v) is 8.69. The van der Waals surface area contributed by atoms with Gasteiger partial charge < -0.3 is 5.32 Å². The van der Waals surface area contributed by atoms with E-state index in [0.29, 0.717) is 6.54 Å². The summed E-state index contributed by atoms with van der Waals surface area (Å²) < 4.78 is 35.6. The van der Waals surface area contributed by atoms with Gasteiger partial charge >= 0.3 is 0 Å². The van der Waals surface area contributed by atoms with Gasteiger partial charge in [-0.15, -0.1) is 0 Å². The number of carbonyl (C=O) groups is 1. The summed E-state index contributed by atoms with van der Waals surface area (Å²) in [6, 6.07) is 3.09. The number of hydrogen-bond acceptors (Lipinski definition) is 3. The lowest BCUT2D eigenvalue weighted by atomic mass is 10.2. The van der Waals surface area contributed by atoms with Crippen LogP contribution in [-0.2, 0) is 9.05 Å². The van der Waals surface area contributed by atoms with Gasteiger partial charge in [0.25, 0.3) is 15.0 Å². The Kier molecular flexibility index (Phi) is 6.42. The molecule has 1 N–H and O–H groups in total. The summed E-state index contributed by atoms with van der Waals surface area (Å²) in [5, 5.41) is 2.66. The largest absolute Gasteiger partial charge is 0.352 e. The Morgan fingerprint density at radius 1 is 1.30 bits per heavy atom. The average molecular weight is 322 g/mol. The van der Waals surface area contributed by atoms with E-state index in [9.17, 15) is 17.6 Å². The molecule has 0 fully saturated rings. The topological polar surface area (TPSA) is 63.2 Å². The van der Waals surface area contributed by atoms with Gasteiger partial charge in [-0.3, -0.25) is 4.79 Å². The molecular formula is C13H17ClFNO3S. The minimum absolute atomic E-state index is 0.0705. The standard InChI is InChI=1S/C13H17ClFNO3S/c1-2-3-4-5-8-16-13(17)10-6-7-11(15)12(9-10)20(14,18)19/h6-7,9H,2-5,8H2,1H3,(H,16,17). The van der Waals surface area contributed by atoms with Crippen molar-refractivity contribution in [2.75, 3.05) is 6.54 Å². The number of nitrogens with one attached hydrogen (secondary N) is 1. The van der Waals surface area contributed by atoms with Gasteiger partial charge in [0.1, 0.15) is 10.7 Å². The zero-order valence-electron chi connectivity index (χ0n) is 11.2. The van der Waals surface area contributed by atoms with Crippen LogP contribution in [-0.4, -0.2) is 20.9 Å². The lowest BCUT2D eigenvalue weighted by Gasteiger charge is -2.06. The molecular weight excluding hydrogens is 305 g/mol. The van der Waals surface area contributed by atoms with E-state index >= 15 is 0 Å². The molecule has 0 unspecified atom stereocenters. The maximum absolute atomic E-state index is 13.3. The Morgan fingerprint density at radius 2 is 2.00 bits per heavy atom. The van der Waals surface area contributed by atoms with E-state index in [2.05, 4.69) is 12.2 Å². The smallest absolute Gasteiger partial charge is 0.264 e. The molecule has 0 atom stereocenters. The summed E-state index contributed by atoms with van der Waals surface area (Å²) in [7, 11) is 0.898. The quantitative estimate of drug-likeness (QED) is 0.620. The predicted molar refractivity (Wildman–Crippen MR) is 75.9 cm³/mol. The van der Waals surface area contributed by atoms with Crippen LogP contribution in [0, 0.1) is 5.82 Å². The monoisotopic (exact) mass is 321 g/mol. The van der Waals surface area contributed by atoms with E-state index in [1.807, 2.05) is 0 Å². The van der Waals surface area contributed by atoms with Crippen molar-refractivity contribution in [1.82, 2.24) is 5.32 Å². The molecule has 0 aromatic heterocycles. The Morgan fingerprint density at radius 3 is 2.60 bits per heavy atom. The minimum Gasteiger partial charge on any atom is -0.352 e. The van der Waals surface area contributed by atoms with Crippen molar-refractivity contribution in [3.8, 4) is 0 Å². The molecule has 0 bridgehead atoms. The van der Waals surface area contributed by atoms with Crippen LogP contribution in [0.4, 0.5) is 4.39 Å². The van der Waals surface area contributed by atoms with Crippen LogP contribution in [0.5, 0.6) is 0 Å². The van der Waals surface area contributed by atoms with E-state index in [4.69, 9.17) is 10.7 Å². The third kappa shape index (κ3) is 5.09. The van der Waals surface area contributed by atoms with Gasteiger partial charge in [0.2, 0.25) is 0 Å². The highest BCUT2D eigenvalue weighted by Gasteiger charge is 2.18. The molecule has 4 nitrogen and oxygen atoms in total. The Labute approximate surface area is 122 Å². The van der Waals surface area contributed by atoms with E-state index in [0.717, 1.165) is 37.8 Å². The van der Waals surface area contributed by atoms with Crippen LogP contribution < -0.4 is 5.32 Å². The van der Waals surface area contributed by atoms with Gasteiger partial charge in [-0.05, 0) is 24.6 Å². The first-order valence-electron chi connectivity index (χ1n) is 6.38. The summed E-state index contributed by atoms with van der Waals surface area (Å²) in [4.78, 5) is 11.1.